The third kappa shape index (κ3) is 1.82. The zero-order valence-corrected chi connectivity index (χ0v) is 7.02. The van der Waals surface area contributed by atoms with Gasteiger partial charge in [0, 0.05) is 16.8 Å². The second kappa shape index (κ2) is 3.07. The van der Waals surface area contributed by atoms with Crippen LogP contribution < -0.4 is 5.73 Å². The lowest BCUT2D eigenvalue weighted by Gasteiger charge is -1.99. The van der Waals surface area contributed by atoms with Gasteiger partial charge in [0.1, 0.15) is 5.15 Å². The van der Waals surface area contributed by atoms with E-state index in [9.17, 15) is 0 Å². The minimum Gasteiger partial charge on any atom is -0.368 e. The van der Waals surface area contributed by atoms with Crippen molar-refractivity contribution in [2.45, 2.75) is 0 Å². The van der Waals surface area contributed by atoms with Crippen molar-refractivity contribution in [1.29, 1.82) is 0 Å². The third-order valence-corrected chi connectivity index (χ3v) is 1.54. The molecule has 1 aromatic heterocycles. The van der Waals surface area contributed by atoms with Gasteiger partial charge in [0.25, 0.3) is 0 Å². The standard InChI is InChI=1S/C6H5Cl2N3/c1-3(7)4-2-10-6(9)11-5(4)8/h2H,1H2,(H2,9,10,11). The van der Waals surface area contributed by atoms with Gasteiger partial charge in [-0.25, -0.2) is 9.97 Å². The van der Waals surface area contributed by atoms with E-state index in [1.54, 1.807) is 0 Å². The minimum absolute atomic E-state index is 0.122. The summed E-state index contributed by atoms with van der Waals surface area (Å²) in [5.74, 6) is 0.122. The molecule has 1 aromatic rings. The monoisotopic (exact) mass is 189 g/mol. The van der Waals surface area contributed by atoms with Crippen molar-refractivity contribution in [3.63, 3.8) is 0 Å². The van der Waals surface area contributed by atoms with Crippen LogP contribution in [0.25, 0.3) is 5.03 Å². The molecule has 0 aliphatic heterocycles. The summed E-state index contributed by atoms with van der Waals surface area (Å²) in [6, 6.07) is 0. The van der Waals surface area contributed by atoms with Crippen LogP contribution in [-0.2, 0) is 0 Å². The fourth-order valence-electron chi connectivity index (χ4n) is 0.556. The molecule has 1 heterocycles. The summed E-state index contributed by atoms with van der Waals surface area (Å²) in [7, 11) is 0. The molecule has 3 nitrogen and oxygen atoms in total. The Morgan fingerprint density at radius 3 is 2.73 bits per heavy atom. The fourth-order valence-corrected chi connectivity index (χ4v) is 0.992. The van der Waals surface area contributed by atoms with Gasteiger partial charge >= 0.3 is 0 Å². The summed E-state index contributed by atoms with van der Waals surface area (Å²) in [4.78, 5) is 7.38. The van der Waals surface area contributed by atoms with E-state index in [0.29, 0.717) is 10.6 Å². The number of nitrogens with two attached hydrogens (primary N) is 1. The molecule has 0 unspecified atom stereocenters. The summed E-state index contributed by atoms with van der Waals surface area (Å²) in [5.41, 5.74) is 5.75. The Morgan fingerprint density at radius 2 is 2.27 bits per heavy atom. The molecule has 0 radical (unpaired) electrons. The van der Waals surface area contributed by atoms with E-state index in [-0.39, 0.29) is 11.1 Å². The molecule has 0 bridgehead atoms. The Hall–Kier alpha value is -0.800. The number of halogens is 2. The predicted octanol–water partition coefficient (Wildman–Crippen LogP) is 1.92. The maximum atomic E-state index is 5.65. The van der Waals surface area contributed by atoms with Gasteiger partial charge in [0.2, 0.25) is 5.95 Å². The SMILES string of the molecule is C=C(Cl)c1cnc(N)nc1Cl. The smallest absolute Gasteiger partial charge is 0.221 e. The average molecular weight is 190 g/mol. The van der Waals surface area contributed by atoms with Crippen molar-refractivity contribution in [2.75, 3.05) is 5.73 Å². The molecular formula is C6H5Cl2N3. The Kier molecular flexibility index (Phi) is 2.31. The van der Waals surface area contributed by atoms with Crippen molar-refractivity contribution in [3.8, 4) is 0 Å². The number of hydrogen-bond donors (Lipinski definition) is 1. The first kappa shape index (κ1) is 8.30. The molecule has 0 saturated heterocycles. The lowest BCUT2D eigenvalue weighted by atomic mass is 10.3. The highest BCUT2D eigenvalue weighted by Crippen LogP contribution is 2.22. The quantitative estimate of drug-likeness (QED) is 0.688. The van der Waals surface area contributed by atoms with Gasteiger partial charge in [-0.2, -0.15) is 0 Å². The third-order valence-electron chi connectivity index (χ3n) is 1.05. The van der Waals surface area contributed by atoms with E-state index in [1.807, 2.05) is 0 Å². The number of nitrogens with zero attached hydrogens (tertiary/aromatic N) is 2. The number of rotatable bonds is 1. The molecule has 0 aromatic carbocycles. The Balaban J connectivity index is 3.20. The molecule has 58 valence electrons. The maximum Gasteiger partial charge on any atom is 0.221 e. The highest BCUT2D eigenvalue weighted by molar-refractivity contribution is 6.49. The van der Waals surface area contributed by atoms with Crippen LogP contribution in [0.1, 0.15) is 5.56 Å². The largest absolute Gasteiger partial charge is 0.368 e. The van der Waals surface area contributed by atoms with Gasteiger partial charge in [0.05, 0.1) is 0 Å². The summed E-state index contributed by atoms with van der Waals surface area (Å²) < 4.78 is 0. The van der Waals surface area contributed by atoms with Gasteiger partial charge in [-0.3, -0.25) is 0 Å². The lowest BCUT2D eigenvalue weighted by molar-refractivity contribution is 1.18. The second-order valence-corrected chi connectivity index (χ2v) is 2.65. The first-order valence-corrected chi connectivity index (χ1v) is 3.49. The molecule has 0 fully saturated rings. The molecule has 11 heavy (non-hydrogen) atoms. The molecule has 5 heteroatoms. The van der Waals surface area contributed by atoms with E-state index in [1.165, 1.54) is 6.20 Å². The van der Waals surface area contributed by atoms with E-state index in [4.69, 9.17) is 28.9 Å². The summed E-state index contributed by atoms with van der Waals surface area (Å²) in [6.07, 6.45) is 1.43. The van der Waals surface area contributed by atoms with E-state index < -0.39 is 0 Å². The van der Waals surface area contributed by atoms with Gasteiger partial charge in [-0.05, 0) is 0 Å². The van der Waals surface area contributed by atoms with Crippen molar-refractivity contribution >= 4 is 34.2 Å². The van der Waals surface area contributed by atoms with Crippen LogP contribution in [0.3, 0.4) is 0 Å². The Bertz CT molecular complexity index is 298. The normalized spacial score (nSPS) is 9.64. The second-order valence-electron chi connectivity index (χ2n) is 1.84. The first-order valence-electron chi connectivity index (χ1n) is 2.74. The highest BCUT2D eigenvalue weighted by Gasteiger charge is 2.03. The summed E-state index contributed by atoms with van der Waals surface area (Å²) >= 11 is 11.2. The summed E-state index contributed by atoms with van der Waals surface area (Å²) in [6.45, 7) is 3.48. The first-order chi connectivity index (χ1) is 5.11. The molecule has 0 atom stereocenters. The Morgan fingerprint density at radius 1 is 1.64 bits per heavy atom. The van der Waals surface area contributed by atoms with Crippen LogP contribution in [0.2, 0.25) is 5.15 Å². The van der Waals surface area contributed by atoms with Crippen LogP contribution in [-0.4, -0.2) is 9.97 Å². The van der Waals surface area contributed by atoms with E-state index in [0.717, 1.165) is 0 Å². The maximum absolute atomic E-state index is 5.65. The zero-order chi connectivity index (χ0) is 8.43. The van der Waals surface area contributed by atoms with Crippen molar-refractivity contribution in [1.82, 2.24) is 9.97 Å². The Labute approximate surface area is 73.9 Å². The number of anilines is 1. The summed E-state index contributed by atoms with van der Waals surface area (Å²) in [5, 5.41) is 0.521. The van der Waals surface area contributed by atoms with E-state index in [2.05, 4.69) is 16.5 Å². The van der Waals surface area contributed by atoms with Crippen molar-refractivity contribution in [3.05, 3.63) is 23.5 Å². The number of hydrogen-bond acceptors (Lipinski definition) is 3. The topological polar surface area (TPSA) is 51.8 Å². The molecular weight excluding hydrogens is 185 g/mol. The van der Waals surface area contributed by atoms with Gasteiger partial charge in [-0.15, -0.1) is 0 Å². The lowest BCUT2D eigenvalue weighted by Crippen LogP contribution is -1.95. The van der Waals surface area contributed by atoms with Crippen LogP contribution in [0.15, 0.2) is 12.8 Å². The van der Waals surface area contributed by atoms with Gasteiger partial charge < -0.3 is 5.73 Å². The van der Waals surface area contributed by atoms with Crippen LogP contribution in [0.5, 0.6) is 0 Å². The average Bonchev–Trinajstić information content (AvgIpc) is 1.85. The zero-order valence-electron chi connectivity index (χ0n) is 5.51. The minimum atomic E-state index is 0.122. The predicted molar refractivity (Wildman–Crippen MR) is 46.3 cm³/mol. The molecule has 0 aliphatic rings. The highest BCUT2D eigenvalue weighted by atomic mass is 35.5. The molecule has 0 saturated carbocycles. The number of aromatic nitrogens is 2. The van der Waals surface area contributed by atoms with Gasteiger partial charge in [0.15, 0.2) is 0 Å². The van der Waals surface area contributed by atoms with Crippen molar-refractivity contribution < 1.29 is 0 Å². The van der Waals surface area contributed by atoms with Crippen molar-refractivity contribution in [2.24, 2.45) is 0 Å². The van der Waals surface area contributed by atoms with Crippen LogP contribution in [0.4, 0.5) is 5.95 Å². The fraction of sp³-hybridized carbons (Fsp3) is 0. The molecule has 0 amide bonds. The number of nitrogen functional groups attached to an aromatic ring is 1. The molecule has 2 N–H and O–H groups in total. The molecule has 0 aliphatic carbocycles. The van der Waals surface area contributed by atoms with Crippen LogP contribution >= 0.6 is 23.2 Å². The molecule has 1 rings (SSSR count). The van der Waals surface area contributed by atoms with Gasteiger partial charge in [-0.1, -0.05) is 29.8 Å². The molecule has 0 spiro atoms. The van der Waals surface area contributed by atoms with E-state index >= 15 is 0 Å². The van der Waals surface area contributed by atoms with Crippen LogP contribution in [0, 0.1) is 0 Å².